The SMILES string of the molecule is COCCn1cccc(CNC2CCCC2)c1=O. The van der Waals surface area contributed by atoms with E-state index in [1.165, 1.54) is 25.7 Å². The Kier molecular flexibility index (Phi) is 4.96. The standard InChI is InChI=1S/C14H22N2O2/c1-18-10-9-16-8-4-5-12(14(16)17)11-15-13-6-2-3-7-13/h4-5,8,13,15H,2-3,6-7,9-11H2,1H3. The highest BCUT2D eigenvalue weighted by Crippen LogP contribution is 2.17. The molecule has 0 aliphatic heterocycles. The van der Waals surface area contributed by atoms with E-state index in [0.717, 1.165) is 5.56 Å². The number of hydrogen-bond acceptors (Lipinski definition) is 3. The summed E-state index contributed by atoms with van der Waals surface area (Å²) in [6.45, 7) is 1.86. The monoisotopic (exact) mass is 250 g/mol. The minimum atomic E-state index is 0.0973. The summed E-state index contributed by atoms with van der Waals surface area (Å²) < 4.78 is 6.72. The Balaban J connectivity index is 1.96. The van der Waals surface area contributed by atoms with Crippen LogP contribution < -0.4 is 10.9 Å². The molecule has 0 radical (unpaired) electrons. The molecule has 0 atom stereocenters. The highest BCUT2D eigenvalue weighted by molar-refractivity contribution is 5.10. The number of rotatable bonds is 6. The van der Waals surface area contributed by atoms with Gasteiger partial charge in [-0.25, -0.2) is 0 Å². The first kappa shape index (κ1) is 13.3. The average molecular weight is 250 g/mol. The maximum Gasteiger partial charge on any atom is 0.255 e. The Hall–Kier alpha value is -1.13. The zero-order chi connectivity index (χ0) is 12.8. The molecule has 0 amide bonds. The highest BCUT2D eigenvalue weighted by atomic mass is 16.5. The van der Waals surface area contributed by atoms with Crippen LogP contribution in [-0.2, 0) is 17.8 Å². The van der Waals surface area contributed by atoms with Crippen molar-refractivity contribution in [3.63, 3.8) is 0 Å². The van der Waals surface area contributed by atoms with Gasteiger partial charge in [-0.05, 0) is 18.9 Å². The second-order valence-electron chi connectivity index (χ2n) is 4.89. The summed E-state index contributed by atoms with van der Waals surface area (Å²) in [6, 6.07) is 4.44. The van der Waals surface area contributed by atoms with Crippen LogP contribution in [0, 0.1) is 0 Å². The van der Waals surface area contributed by atoms with E-state index in [-0.39, 0.29) is 5.56 Å². The molecule has 4 nitrogen and oxygen atoms in total. The van der Waals surface area contributed by atoms with Gasteiger partial charge in [-0.1, -0.05) is 18.9 Å². The smallest absolute Gasteiger partial charge is 0.255 e. The molecule has 1 aromatic heterocycles. The van der Waals surface area contributed by atoms with Gasteiger partial charge in [-0.15, -0.1) is 0 Å². The lowest BCUT2D eigenvalue weighted by molar-refractivity contribution is 0.186. The predicted molar refractivity (Wildman–Crippen MR) is 71.7 cm³/mol. The Bertz CT molecular complexity index is 422. The van der Waals surface area contributed by atoms with E-state index in [1.807, 2.05) is 18.3 Å². The second-order valence-corrected chi connectivity index (χ2v) is 4.89. The van der Waals surface area contributed by atoms with Crippen LogP contribution in [0.25, 0.3) is 0 Å². The molecule has 1 aliphatic carbocycles. The van der Waals surface area contributed by atoms with Gasteiger partial charge in [0.25, 0.3) is 5.56 Å². The molecular weight excluding hydrogens is 228 g/mol. The zero-order valence-corrected chi connectivity index (χ0v) is 11.0. The number of ether oxygens (including phenoxy) is 1. The van der Waals surface area contributed by atoms with Crippen LogP contribution >= 0.6 is 0 Å². The molecule has 100 valence electrons. The van der Waals surface area contributed by atoms with E-state index < -0.39 is 0 Å². The van der Waals surface area contributed by atoms with E-state index in [1.54, 1.807) is 11.7 Å². The minimum Gasteiger partial charge on any atom is -0.383 e. The van der Waals surface area contributed by atoms with Crippen LogP contribution in [-0.4, -0.2) is 24.3 Å². The lowest BCUT2D eigenvalue weighted by Crippen LogP contribution is -2.31. The van der Waals surface area contributed by atoms with E-state index in [9.17, 15) is 4.79 Å². The van der Waals surface area contributed by atoms with Gasteiger partial charge in [0.2, 0.25) is 0 Å². The third kappa shape index (κ3) is 3.43. The van der Waals surface area contributed by atoms with Crippen LogP contribution in [0.1, 0.15) is 31.2 Å². The van der Waals surface area contributed by atoms with Crippen LogP contribution in [0.3, 0.4) is 0 Å². The molecule has 2 rings (SSSR count). The Morgan fingerprint density at radius 3 is 2.94 bits per heavy atom. The molecule has 4 heteroatoms. The molecule has 1 aromatic rings. The molecule has 0 saturated heterocycles. The fourth-order valence-corrected chi connectivity index (χ4v) is 2.47. The molecule has 0 aromatic carbocycles. The Labute approximate surface area is 108 Å². The number of nitrogens with one attached hydrogen (secondary N) is 1. The average Bonchev–Trinajstić information content (AvgIpc) is 2.89. The van der Waals surface area contributed by atoms with Gasteiger partial charge in [-0.2, -0.15) is 0 Å². The number of nitrogens with zero attached hydrogens (tertiary/aromatic N) is 1. The van der Waals surface area contributed by atoms with Gasteiger partial charge in [-0.3, -0.25) is 4.79 Å². The van der Waals surface area contributed by atoms with Crippen LogP contribution in [0.2, 0.25) is 0 Å². The first-order chi connectivity index (χ1) is 8.81. The topological polar surface area (TPSA) is 43.3 Å². The number of pyridine rings is 1. The third-order valence-electron chi connectivity index (χ3n) is 3.57. The number of methoxy groups -OCH3 is 1. The fourth-order valence-electron chi connectivity index (χ4n) is 2.47. The van der Waals surface area contributed by atoms with Crippen molar-refractivity contribution in [2.75, 3.05) is 13.7 Å². The molecular formula is C14H22N2O2. The van der Waals surface area contributed by atoms with Gasteiger partial charge in [0.05, 0.1) is 6.61 Å². The normalized spacial score (nSPS) is 16.3. The van der Waals surface area contributed by atoms with E-state index >= 15 is 0 Å². The van der Waals surface area contributed by atoms with Crippen molar-refractivity contribution in [2.24, 2.45) is 0 Å². The van der Waals surface area contributed by atoms with Crippen LogP contribution in [0.15, 0.2) is 23.1 Å². The van der Waals surface area contributed by atoms with Gasteiger partial charge in [0, 0.05) is 38.0 Å². The third-order valence-corrected chi connectivity index (χ3v) is 3.57. The van der Waals surface area contributed by atoms with Gasteiger partial charge >= 0.3 is 0 Å². The van der Waals surface area contributed by atoms with E-state index in [2.05, 4.69) is 5.32 Å². The summed E-state index contributed by atoms with van der Waals surface area (Å²) in [7, 11) is 1.65. The molecule has 1 N–H and O–H groups in total. The highest BCUT2D eigenvalue weighted by Gasteiger charge is 2.14. The van der Waals surface area contributed by atoms with Gasteiger partial charge in [0.1, 0.15) is 0 Å². The van der Waals surface area contributed by atoms with Crippen molar-refractivity contribution in [2.45, 2.75) is 44.8 Å². The molecule has 0 unspecified atom stereocenters. The minimum absolute atomic E-state index is 0.0973. The number of hydrogen-bond donors (Lipinski definition) is 1. The Morgan fingerprint density at radius 2 is 2.22 bits per heavy atom. The summed E-state index contributed by atoms with van der Waals surface area (Å²) in [5.41, 5.74) is 0.945. The van der Waals surface area contributed by atoms with Gasteiger partial charge in [0.15, 0.2) is 0 Å². The second kappa shape index (κ2) is 6.71. The quantitative estimate of drug-likeness (QED) is 0.832. The molecule has 1 saturated carbocycles. The number of aromatic nitrogens is 1. The van der Waals surface area contributed by atoms with Crippen LogP contribution in [0.5, 0.6) is 0 Å². The summed E-state index contributed by atoms with van der Waals surface area (Å²) in [6.07, 6.45) is 6.92. The van der Waals surface area contributed by atoms with Crippen molar-refractivity contribution < 1.29 is 4.74 Å². The fraction of sp³-hybridized carbons (Fsp3) is 0.643. The van der Waals surface area contributed by atoms with Crippen molar-refractivity contribution in [3.8, 4) is 0 Å². The summed E-state index contributed by atoms with van der Waals surface area (Å²) in [4.78, 5) is 12.1. The van der Waals surface area contributed by atoms with Crippen molar-refractivity contribution in [1.82, 2.24) is 9.88 Å². The van der Waals surface area contributed by atoms with Crippen molar-refractivity contribution in [1.29, 1.82) is 0 Å². The van der Waals surface area contributed by atoms with E-state index in [4.69, 9.17) is 4.74 Å². The maximum absolute atomic E-state index is 12.1. The van der Waals surface area contributed by atoms with E-state index in [0.29, 0.717) is 25.7 Å². The summed E-state index contributed by atoms with van der Waals surface area (Å²) in [5.74, 6) is 0. The lowest BCUT2D eigenvalue weighted by Gasteiger charge is -2.12. The van der Waals surface area contributed by atoms with Crippen LogP contribution in [0.4, 0.5) is 0 Å². The molecule has 1 fully saturated rings. The molecule has 18 heavy (non-hydrogen) atoms. The predicted octanol–water partition coefficient (Wildman–Crippen LogP) is 1.53. The maximum atomic E-state index is 12.1. The Morgan fingerprint density at radius 1 is 1.44 bits per heavy atom. The zero-order valence-electron chi connectivity index (χ0n) is 11.0. The molecule has 0 bridgehead atoms. The van der Waals surface area contributed by atoms with Gasteiger partial charge < -0.3 is 14.6 Å². The first-order valence-electron chi connectivity index (χ1n) is 6.72. The lowest BCUT2D eigenvalue weighted by atomic mass is 10.2. The summed E-state index contributed by atoms with van der Waals surface area (Å²) >= 11 is 0. The summed E-state index contributed by atoms with van der Waals surface area (Å²) in [5, 5.41) is 3.48. The largest absolute Gasteiger partial charge is 0.383 e. The molecule has 1 aliphatic rings. The van der Waals surface area contributed by atoms with Crippen molar-refractivity contribution in [3.05, 3.63) is 34.2 Å². The van der Waals surface area contributed by atoms with Crippen molar-refractivity contribution >= 4 is 0 Å². The first-order valence-corrected chi connectivity index (χ1v) is 6.72. The molecule has 1 heterocycles. The molecule has 0 spiro atoms.